The molecule has 1 saturated heterocycles. The fourth-order valence-corrected chi connectivity index (χ4v) is 6.23. The summed E-state index contributed by atoms with van der Waals surface area (Å²) in [6, 6.07) is 23.7. The first kappa shape index (κ1) is 26.7. The van der Waals surface area contributed by atoms with Crippen molar-refractivity contribution in [3.8, 4) is 0 Å². The quantitative estimate of drug-likeness (QED) is 0.266. The summed E-state index contributed by atoms with van der Waals surface area (Å²) in [6.45, 7) is 1.83. The van der Waals surface area contributed by atoms with Gasteiger partial charge in [-0.15, -0.1) is 0 Å². The van der Waals surface area contributed by atoms with Gasteiger partial charge in [0.1, 0.15) is 11.6 Å². The van der Waals surface area contributed by atoms with Crippen molar-refractivity contribution < 1.29 is 21.9 Å². The minimum absolute atomic E-state index is 0.127. The van der Waals surface area contributed by atoms with Gasteiger partial charge >= 0.3 is 0 Å². The monoisotopic (exact) mass is 556 g/mol. The number of rotatable bonds is 8. The van der Waals surface area contributed by atoms with Crippen LogP contribution in [0.25, 0.3) is 10.8 Å². The maximum absolute atomic E-state index is 14.2. The molecule has 1 aliphatic heterocycles. The average molecular weight is 557 g/mol. The average Bonchev–Trinajstić information content (AvgIpc) is 2.92. The van der Waals surface area contributed by atoms with Crippen LogP contribution in [0.4, 0.5) is 8.78 Å². The summed E-state index contributed by atoms with van der Waals surface area (Å²) in [7, 11) is -3.64. The molecule has 0 aromatic heterocycles. The number of ether oxygens (including phenoxy) is 1. The van der Waals surface area contributed by atoms with Gasteiger partial charge in [-0.05, 0) is 52.7 Å². The van der Waals surface area contributed by atoms with Crippen LogP contribution < -0.4 is 0 Å². The molecule has 0 saturated carbocycles. The topological polar surface area (TPSA) is 49.9 Å². The summed E-state index contributed by atoms with van der Waals surface area (Å²) in [5.41, 5.74) is 0.690. The van der Waals surface area contributed by atoms with Gasteiger partial charge in [0.2, 0.25) is 10.0 Å². The highest BCUT2D eigenvalue weighted by Gasteiger charge is 2.30. The third-order valence-corrected chi connectivity index (χ3v) is 8.99. The number of piperazine rings is 1. The van der Waals surface area contributed by atoms with E-state index in [4.69, 9.17) is 16.3 Å². The second-order valence-electron chi connectivity index (χ2n) is 9.27. The number of hydrogen-bond acceptors (Lipinski definition) is 4. The van der Waals surface area contributed by atoms with Gasteiger partial charge < -0.3 is 4.74 Å². The Hall–Kier alpha value is -2.88. The Balaban J connectivity index is 1.27. The molecule has 1 aliphatic rings. The normalized spacial score (nSPS) is 16.1. The molecule has 1 fully saturated rings. The molecule has 4 aromatic rings. The number of hydrogen-bond donors (Lipinski definition) is 0. The fraction of sp³-hybridized carbons (Fsp3) is 0.241. The molecule has 0 amide bonds. The highest BCUT2D eigenvalue weighted by atomic mass is 35.5. The van der Waals surface area contributed by atoms with Gasteiger partial charge in [-0.1, -0.05) is 60.1 Å². The molecule has 1 atom stereocenters. The molecule has 198 valence electrons. The van der Waals surface area contributed by atoms with Crippen LogP contribution >= 0.6 is 11.6 Å². The first-order valence-electron chi connectivity index (χ1n) is 12.3. The summed E-state index contributed by atoms with van der Waals surface area (Å²) < 4.78 is 62.6. The van der Waals surface area contributed by atoms with E-state index in [1.54, 1.807) is 24.3 Å². The van der Waals surface area contributed by atoms with Gasteiger partial charge in [-0.2, -0.15) is 4.31 Å². The minimum atomic E-state index is -3.64. The van der Waals surface area contributed by atoms with Crippen LogP contribution in [-0.4, -0.2) is 50.3 Å². The van der Waals surface area contributed by atoms with Crippen molar-refractivity contribution >= 4 is 32.4 Å². The van der Waals surface area contributed by atoms with Crippen LogP contribution in [-0.2, 0) is 21.4 Å². The van der Waals surface area contributed by atoms with Crippen molar-refractivity contribution in [1.82, 2.24) is 9.21 Å². The van der Waals surface area contributed by atoms with Crippen molar-refractivity contribution in [3.63, 3.8) is 0 Å². The number of nitrogens with zero attached hydrogens (tertiary/aromatic N) is 2. The molecule has 5 nitrogen and oxygen atoms in total. The molecule has 0 N–H and O–H groups in total. The summed E-state index contributed by atoms with van der Waals surface area (Å²) in [4.78, 5) is 2.38. The summed E-state index contributed by atoms with van der Waals surface area (Å²) in [5.74, 6) is -1.32. The first-order valence-corrected chi connectivity index (χ1v) is 14.1. The molecular weight excluding hydrogens is 530 g/mol. The van der Waals surface area contributed by atoms with Gasteiger partial charge in [0.25, 0.3) is 0 Å². The highest BCUT2D eigenvalue weighted by molar-refractivity contribution is 7.89. The lowest BCUT2D eigenvalue weighted by Crippen LogP contribution is -2.49. The molecule has 5 rings (SSSR count). The van der Waals surface area contributed by atoms with E-state index in [1.165, 1.54) is 22.5 Å². The SMILES string of the molecule is O=S(=O)(c1ccc2ccccc2c1)N1CCN(CC(OCc2c(F)cccc2F)c2ccc(Cl)cc2)CC1. The zero-order valence-electron chi connectivity index (χ0n) is 20.6. The number of benzene rings is 4. The molecule has 1 unspecified atom stereocenters. The Morgan fingerprint density at radius 2 is 1.47 bits per heavy atom. The summed E-state index contributed by atoms with van der Waals surface area (Å²) in [5, 5.41) is 2.43. The Labute approximate surface area is 226 Å². The van der Waals surface area contributed by atoms with Crippen LogP contribution in [0.2, 0.25) is 5.02 Å². The maximum Gasteiger partial charge on any atom is 0.243 e. The Morgan fingerprint density at radius 3 is 2.16 bits per heavy atom. The van der Waals surface area contributed by atoms with Gasteiger partial charge in [0.15, 0.2) is 0 Å². The lowest BCUT2D eigenvalue weighted by atomic mass is 10.1. The smallest absolute Gasteiger partial charge is 0.243 e. The standard InChI is InChI=1S/C29H27ClF2N2O3S/c30-24-11-8-22(9-12-24)29(37-20-26-27(31)6-3-7-28(26)32)19-33-14-16-34(17-15-33)38(35,36)25-13-10-21-4-1-2-5-23(21)18-25/h1-13,18,29H,14-17,19-20H2. The molecule has 1 heterocycles. The van der Waals surface area contributed by atoms with Gasteiger partial charge in [-0.3, -0.25) is 4.90 Å². The zero-order chi connectivity index (χ0) is 26.7. The molecule has 38 heavy (non-hydrogen) atoms. The molecular formula is C29H27ClF2N2O3S. The van der Waals surface area contributed by atoms with Crippen molar-refractivity contribution in [1.29, 1.82) is 0 Å². The van der Waals surface area contributed by atoms with Crippen LogP contribution in [0.15, 0.2) is 89.8 Å². The Bertz CT molecular complexity index is 1500. The van der Waals surface area contributed by atoms with Gasteiger partial charge in [-0.25, -0.2) is 17.2 Å². The van der Waals surface area contributed by atoms with Crippen molar-refractivity contribution in [2.24, 2.45) is 0 Å². The maximum atomic E-state index is 14.2. The van der Waals surface area contributed by atoms with E-state index >= 15 is 0 Å². The van der Waals surface area contributed by atoms with Gasteiger partial charge in [0, 0.05) is 43.3 Å². The first-order chi connectivity index (χ1) is 18.3. The van der Waals surface area contributed by atoms with Crippen LogP contribution in [0.5, 0.6) is 0 Å². The van der Waals surface area contributed by atoms with E-state index < -0.39 is 27.8 Å². The highest BCUT2D eigenvalue weighted by Crippen LogP contribution is 2.26. The Kier molecular flexibility index (Phi) is 8.07. The van der Waals surface area contributed by atoms with E-state index in [9.17, 15) is 17.2 Å². The number of fused-ring (bicyclic) bond motifs is 1. The van der Waals surface area contributed by atoms with Gasteiger partial charge in [0.05, 0.1) is 17.6 Å². The van der Waals surface area contributed by atoms with E-state index in [0.29, 0.717) is 37.7 Å². The molecule has 0 bridgehead atoms. The zero-order valence-corrected chi connectivity index (χ0v) is 22.1. The second-order valence-corrected chi connectivity index (χ2v) is 11.6. The third-order valence-electron chi connectivity index (χ3n) is 6.85. The lowest BCUT2D eigenvalue weighted by Gasteiger charge is -2.36. The molecule has 0 radical (unpaired) electrons. The number of halogens is 3. The molecule has 0 spiro atoms. The van der Waals surface area contributed by atoms with Crippen molar-refractivity contribution in [2.75, 3.05) is 32.7 Å². The van der Waals surface area contributed by atoms with E-state index in [0.717, 1.165) is 16.3 Å². The lowest BCUT2D eigenvalue weighted by molar-refractivity contribution is 0.00547. The minimum Gasteiger partial charge on any atom is -0.367 e. The van der Waals surface area contributed by atoms with Crippen molar-refractivity contribution in [2.45, 2.75) is 17.6 Å². The molecule has 9 heteroatoms. The van der Waals surface area contributed by atoms with E-state index in [2.05, 4.69) is 4.90 Å². The predicted octanol–water partition coefficient (Wildman–Crippen LogP) is 6.04. The molecule has 0 aliphatic carbocycles. The fourth-order valence-electron chi connectivity index (χ4n) is 4.65. The van der Waals surface area contributed by atoms with E-state index in [1.807, 2.05) is 42.5 Å². The van der Waals surface area contributed by atoms with Crippen LogP contribution in [0.3, 0.4) is 0 Å². The number of sulfonamides is 1. The van der Waals surface area contributed by atoms with Crippen molar-refractivity contribution in [3.05, 3.63) is 113 Å². The second kappa shape index (κ2) is 11.5. The Morgan fingerprint density at radius 1 is 0.816 bits per heavy atom. The third kappa shape index (κ3) is 5.90. The predicted molar refractivity (Wildman–Crippen MR) is 144 cm³/mol. The largest absolute Gasteiger partial charge is 0.367 e. The summed E-state index contributed by atoms with van der Waals surface area (Å²) >= 11 is 6.05. The van der Waals surface area contributed by atoms with Crippen LogP contribution in [0.1, 0.15) is 17.2 Å². The van der Waals surface area contributed by atoms with Crippen LogP contribution in [0, 0.1) is 11.6 Å². The summed E-state index contributed by atoms with van der Waals surface area (Å²) in [6.07, 6.45) is -0.491. The van der Waals surface area contributed by atoms with E-state index in [-0.39, 0.29) is 17.1 Å². The molecule has 4 aromatic carbocycles.